The van der Waals surface area contributed by atoms with Crippen LogP contribution in [0.25, 0.3) is 16.6 Å². The Bertz CT molecular complexity index is 803. The van der Waals surface area contributed by atoms with Gasteiger partial charge in [0.25, 0.3) is 0 Å². The number of nitrogens with zero attached hydrogens (tertiary/aromatic N) is 2. The van der Waals surface area contributed by atoms with Crippen LogP contribution in [0.4, 0.5) is 13.2 Å². The normalized spacial score (nSPS) is 15.5. The number of hydrogen-bond acceptors (Lipinski definition) is 3. The molecule has 0 fully saturated rings. The molecular weight excluding hydrogens is 309 g/mol. The minimum absolute atomic E-state index is 0.0641. The van der Waals surface area contributed by atoms with Gasteiger partial charge in [0.2, 0.25) is 0 Å². The third-order valence-corrected chi connectivity index (χ3v) is 3.77. The highest BCUT2D eigenvalue weighted by atomic mass is 19.4. The highest BCUT2D eigenvalue weighted by Crippen LogP contribution is 2.31. The zero-order valence-corrected chi connectivity index (χ0v) is 12.4. The Morgan fingerprint density at radius 2 is 2.04 bits per heavy atom. The smallest absolute Gasteiger partial charge is 0.410 e. The van der Waals surface area contributed by atoms with Crippen LogP contribution in [0.5, 0.6) is 0 Å². The summed E-state index contributed by atoms with van der Waals surface area (Å²) in [6, 6.07) is 5.49. The standard InChI is InChI=1S/C16H15F3N2O2/c1-21-14-7-2-10(9-22)8-13(14)20-15(21)11-3-5-12(6-4-11)23-16(17,18)19/h2-3,5,7-8,22H,4,6,9H2,1H3. The lowest BCUT2D eigenvalue weighted by atomic mass is 10.0. The van der Waals surface area contributed by atoms with Gasteiger partial charge < -0.3 is 14.4 Å². The van der Waals surface area contributed by atoms with E-state index in [1.807, 2.05) is 23.7 Å². The molecule has 122 valence electrons. The fourth-order valence-electron chi connectivity index (χ4n) is 2.67. The van der Waals surface area contributed by atoms with Crippen LogP contribution < -0.4 is 0 Å². The minimum atomic E-state index is -4.66. The summed E-state index contributed by atoms with van der Waals surface area (Å²) in [5.74, 6) is 0.611. The molecular formula is C16H15F3N2O2. The molecule has 0 spiro atoms. The Hall–Kier alpha value is -2.28. The summed E-state index contributed by atoms with van der Waals surface area (Å²) in [5, 5.41) is 9.18. The molecule has 1 aliphatic carbocycles. The number of halogens is 3. The first-order chi connectivity index (χ1) is 10.9. The summed E-state index contributed by atoms with van der Waals surface area (Å²) >= 11 is 0. The first kappa shape index (κ1) is 15.6. The molecule has 7 heteroatoms. The number of allylic oxidation sites excluding steroid dienone is 4. The molecule has 0 atom stereocenters. The number of imidazole rings is 1. The number of aromatic nitrogens is 2. The van der Waals surface area contributed by atoms with Crippen molar-refractivity contribution in [3.05, 3.63) is 47.5 Å². The second kappa shape index (κ2) is 5.73. The Labute approximate surface area is 130 Å². The summed E-state index contributed by atoms with van der Waals surface area (Å²) in [6.07, 6.45) is -1.11. The van der Waals surface area contributed by atoms with E-state index in [9.17, 15) is 18.3 Å². The number of aryl methyl sites for hydroxylation is 1. The summed E-state index contributed by atoms with van der Waals surface area (Å²) in [5.41, 5.74) is 3.26. The average Bonchev–Trinajstić information content (AvgIpc) is 2.83. The van der Waals surface area contributed by atoms with Gasteiger partial charge in [-0.05, 0) is 35.8 Å². The average molecular weight is 324 g/mol. The highest BCUT2D eigenvalue weighted by Gasteiger charge is 2.32. The predicted octanol–water partition coefficient (Wildman–Crippen LogP) is 3.66. The van der Waals surface area contributed by atoms with Gasteiger partial charge in [0.05, 0.1) is 17.6 Å². The van der Waals surface area contributed by atoms with Crippen molar-refractivity contribution in [3.63, 3.8) is 0 Å². The number of benzene rings is 1. The van der Waals surface area contributed by atoms with Gasteiger partial charge >= 0.3 is 6.36 Å². The lowest BCUT2D eigenvalue weighted by molar-refractivity contribution is -0.306. The van der Waals surface area contributed by atoms with Crippen molar-refractivity contribution in [3.8, 4) is 0 Å². The van der Waals surface area contributed by atoms with Crippen molar-refractivity contribution in [2.75, 3.05) is 0 Å². The van der Waals surface area contributed by atoms with Crippen LogP contribution in [-0.2, 0) is 18.4 Å². The van der Waals surface area contributed by atoms with Crippen LogP contribution in [0.1, 0.15) is 24.2 Å². The van der Waals surface area contributed by atoms with Gasteiger partial charge in [0, 0.05) is 13.5 Å². The lowest BCUT2D eigenvalue weighted by Gasteiger charge is -2.16. The van der Waals surface area contributed by atoms with Crippen molar-refractivity contribution >= 4 is 16.6 Å². The van der Waals surface area contributed by atoms with E-state index in [-0.39, 0.29) is 18.8 Å². The van der Waals surface area contributed by atoms with Crippen LogP contribution >= 0.6 is 0 Å². The van der Waals surface area contributed by atoms with E-state index in [1.165, 1.54) is 6.08 Å². The zero-order chi connectivity index (χ0) is 16.6. The second-order valence-electron chi connectivity index (χ2n) is 5.35. The number of fused-ring (bicyclic) bond motifs is 1. The quantitative estimate of drug-likeness (QED) is 0.937. The van der Waals surface area contributed by atoms with Gasteiger partial charge in [-0.1, -0.05) is 12.1 Å². The summed E-state index contributed by atoms with van der Waals surface area (Å²) in [6.45, 7) is -0.0641. The maximum Gasteiger partial charge on any atom is 0.572 e. The maximum atomic E-state index is 12.2. The van der Waals surface area contributed by atoms with Crippen molar-refractivity contribution in [2.45, 2.75) is 25.8 Å². The third-order valence-electron chi connectivity index (χ3n) is 3.77. The van der Waals surface area contributed by atoms with Crippen molar-refractivity contribution < 1.29 is 23.0 Å². The van der Waals surface area contributed by atoms with Crippen molar-refractivity contribution in [2.24, 2.45) is 7.05 Å². The first-order valence-electron chi connectivity index (χ1n) is 7.09. The van der Waals surface area contributed by atoms with Crippen molar-refractivity contribution in [1.82, 2.24) is 9.55 Å². The fourth-order valence-corrected chi connectivity index (χ4v) is 2.67. The van der Waals surface area contributed by atoms with E-state index in [4.69, 9.17) is 0 Å². The van der Waals surface area contributed by atoms with E-state index >= 15 is 0 Å². The van der Waals surface area contributed by atoms with Crippen LogP contribution in [0, 0.1) is 0 Å². The molecule has 0 radical (unpaired) electrons. The molecule has 23 heavy (non-hydrogen) atoms. The SMILES string of the molecule is Cn1c(C2=CC=C(OC(F)(F)F)CC2)nc2cc(CO)ccc21. The van der Waals surface area contributed by atoms with Gasteiger partial charge in [-0.15, -0.1) is 13.2 Å². The number of rotatable bonds is 3. The predicted molar refractivity (Wildman–Crippen MR) is 79.1 cm³/mol. The molecule has 0 saturated heterocycles. The maximum absolute atomic E-state index is 12.2. The van der Waals surface area contributed by atoms with Gasteiger partial charge in [-0.3, -0.25) is 0 Å². The summed E-state index contributed by atoms with van der Waals surface area (Å²) in [7, 11) is 1.86. The molecule has 1 heterocycles. The monoisotopic (exact) mass is 324 g/mol. The third kappa shape index (κ3) is 3.24. The molecule has 0 amide bonds. The Balaban J connectivity index is 1.93. The molecule has 0 unspecified atom stereocenters. The van der Waals surface area contributed by atoms with Crippen LogP contribution in [0.3, 0.4) is 0 Å². The molecule has 1 aromatic carbocycles. The first-order valence-corrected chi connectivity index (χ1v) is 7.09. The van der Waals surface area contributed by atoms with Crippen LogP contribution in [-0.4, -0.2) is 21.0 Å². The fraction of sp³-hybridized carbons (Fsp3) is 0.312. The number of ether oxygens (including phenoxy) is 1. The Kier molecular flexibility index (Phi) is 3.89. The van der Waals surface area contributed by atoms with Crippen molar-refractivity contribution in [1.29, 1.82) is 0 Å². The summed E-state index contributed by atoms with van der Waals surface area (Å²) < 4.78 is 42.5. The zero-order valence-electron chi connectivity index (χ0n) is 12.4. The van der Waals surface area contributed by atoms with Gasteiger partial charge in [-0.2, -0.15) is 0 Å². The van der Waals surface area contributed by atoms with Gasteiger partial charge in [0.15, 0.2) is 0 Å². The van der Waals surface area contributed by atoms with E-state index in [0.717, 1.165) is 22.2 Å². The number of hydrogen-bond donors (Lipinski definition) is 1. The topological polar surface area (TPSA) is 47.3 Å². The number of aliphatic hydroxyl groups is 1. The molecule has 0 aliphatic heterocycles. The molecule has 0 bridgehead atoms. The largest absolute Gasteiger partial charge is 0.572 e. The molecule has 1 aromatic heterocycles. The molecule has 1 aliphatic rings. The molecule has 1 N–H and O–H groups in total. The van der Waals surface area contributed by atoms with Crippen LogP contribution in [0.15, 0.2) is 36.1 Å². The second-order valence-corrected chi connectivity index (χ2v) is 5.35. The lowest BCUT2D eigenvalue weighted by Crippen LogP contribution is -2.14. The van der Waals surface area contributed by atoms with Gasteiger partial charge in [-0.25, -0.2) is 4.98 Å². The number of alkyl halides is 3. The van der Waals surface area contributed by atoms with E-state index < -0.39 is 6.36 Å². The molecule has 2 aromatic rings. The molecule has 3 rings (SSSR count). The van der Waals surface area contributed by atoms with Gasteiger partial charge in [0.1, 0.15) is 11.6 Å². The van der Waals surface area contributed by atoms with Crippen LogP contribution in [0.2, 0.25) is 0 Å². The molecule has 4 nitrogen and oxygen atoms in total. The minimum Gasteiger partial charge on any atom is -0.410 e. The van der Waals surface area contributed by atoms with E-state index in [0.29, 0.717) is 12.2 Å². The van der Waals surface area contributed by atoms with E-state index in [1.54, 1.807) is 12.1 Å². The Morgan fingerprint density at radius 3 is 2.65 bits per heavy atom. The van der Waals surface area contributed by atoms with E-state index in [2.05, 4.69) is 9.72 Å². The number of aliphatic hydroxyl groups excluding tert-OH is 1. The Morgan fingerprint density at radius 1 is 1.26 bits per heavy atom. The highest BCUT2D eigenvalue weighted by molar-refractivity contribution is 5.81. The summed E-state index contributed by atoms with van der Waals surface area (Å²) in [4.78, 5) is 4.54. The molecule has 0 saturated carbocycles.